The SMILES string of the molecule is CN1CCC(NC(=O)Nc2ccccc2-c2ccccc2)CC1. The Bertz CT molecular complexity index is 649. The monoisotopic (exact) mass is 309 g/mol. The number of nitrogens with zero attached hydrogens (tertiary/aromatic N) is 1. The number of urea groups is 1. The zero-order chi connectivity index (χ0) is 16.1. The summed E-state index contributed by atoms with van der Waals surface area (Å²) in [5.74, 6) is 0. The quantitative estimate of drug-likeness (QED) is 0.910. The number of nitrogens with one attached hydrogen (secondary N) is 2. The molecule has 23 heavy (non-hydrogen) atoms. The minimum Gasteiger partial charge on any atom is -0.335 e. The Hall–Kier alpha value is -2.33. The summed E-state index contributed by atoms with van der Waals surface area (Å²) in [6.07, 6.45) is 2.01. The molecule has 2 aromatic rings. The number of benzene rings is 2. The molecule has 3 rings (SSSR count). The zero-order valence-corrected chi connectivity index (χ0v) is 13.5. The van der Waals surface area contributed by atoms with Gasteiger partial charge in [0.1, 0.15) is 0 Å². The first-order valence-corrected chi connectivity index (χ1v) is 8.13. The van der Waals surface area contributed by atoms with Crippen molar-refractivity contribution in [1.29, 1.82) is 0 Å². The Labute approximate surface area is 137 Å². The summed E-state index contributed by atoms with van der Waals surface area (Å²) < 4.78 is 0. The van der Waals surface area contributed by atoms with E-state index in [1.807, 2.05) is 42.5 Å². The van der Waals surface area contributed by atoms with E-state index >= 15 is 0 Å². The lowest BCUT2D eigenvalue weighted by atomic mass is 10.0. The zero-order valence-electron chi connectivity index (χ0n) is 13.5. The summed E-state index contributed by atoms with van der Waals surface area (Å²) in [5.41, 5.74) is 2.97. The van der Waals surface area contributed by atoms with Gasteiger partial charge in [-0.1, -0.05) is 48.5 Å². The fraction of sp³-hybridized carbons (Fsp3) is 0.316. The normalized spacial score (nSPS) is 16.0. The molecule has 0 spiro atoms. The summed E-state index contributed by atoms with van der Waals surface area (Å²) in [6.45, 7) is 2.07. The van der Waals surface area contributed by atoms with Crippen molar-refractivity contribution in [2.75, 3.05) is 25.5 Å². The molecule has 0 bridgehead atoms. The summed E-state index contributed by atoms with van der Waals surface area (Å²) in [4.78, 5) is 14.6. The number of anilines is 1. The van der Waals surface area contributed by atoms with Gasteiger partial charge in [-0.15, -0.1) is 0 Å². The molecule has 1 saturated heterocycles. The van der Waals surface area contributed by atoms with Crippen molar-refractivity contribution in [3.05, 3.63) is 54.6 Å². The Morgan fingerprint density at radius 3 is 2.39 bits per heavy atom. The number of hydrogen-bond donors (Lipinski definition) is 2. The van der Waals surface area contributed by atoms with Crippen LogP contribution in [0, 0.1) is 0 Å². The van der Waals surface area contributed by atoms with Gasteiger partial charge in [0.25, 0.3) is 0 Å². The van der Waals surface area contributed by atoms with Crippen molar-refractivity contribution in [3.8, 4) is 11.1 Å². The number of piperidine rings is 1. The number of hydrogen-bond acceptors (Lipinski definition) is 2. The standard InChI is InChI=1S/C19H23N3O/c1-22-13-11-16(12-14-22)20-19(23)21-18-10-6-5-9-17(18)15-7-3-2-4-8-15/h2-10,16H,11-14H2,1H3,(H2,20,21,23). The highest BCUT2D eigenvalue weighted by Crippen LogP contribution is 2.27. The lowest BCUT2D eigenvalue weighted by Crippen LogP contribution is -2.44. The number of para-hydroxylation sites is 1. The van der Waals surface area contributed by atoms with Gasteiger partial charge in [-0.2, -0.15) is 0 Å². The van der Waals surface area contributed by atoms with Crippen molar-refractivity contribution >= 4 is 11.7 Å². The van der Waals surface area contributed by atoms with Crippen LogP contribution >= 0.6 is 0 Å². The van der Waals surface area contributed by atoms with Gasteiger partial charge in [-0.05, 0) is 44.6 Å². The smallest absolute Gasteiger partial charge is 0.319 e. The summed E-state index contributed by atoms with van der Waals surface area (Å²) in [7, 11) is 2.12. The van der Waals surface area contributed by atoms with Crippen LogP contribution in [-0.2, 0) is 0 Å². The molecule has 0 aliphatic carbocycles. The Kier molecular flexibility index (Phi) is 4.93. The molecule has 2 aromatic carbocycles. The molecule has 1 aliphatic heterocycles. The van der Waals surface area contributed by atoms with Crippen LogP contribution in [0.15, 0.2) is 54.6 Å². The minimum absolute atomic E-state index is 0.122. The van der Waals surface area contributed by atoms with E-state index in [0.29, 0.717) is 0 Å². The number of rotatable bonds is 3. The predicted octanol–water partition coefficient (Wildman–Crippen LogP) is 3.57. The van der Waals surface area contributed by atoms with E-state index in [0.717, 1.165) is 42.7 Å². The van der Waals surface area contributed by atoms with Crippen LogP contribution in [0.3, 0.4) is 0 Å². The average molecular weight is 309 g/mol. The topological polar surface area (TPSA) is 44.4 Å². The minimum atomic E-state index is -0.122. The maximum atomic E-state index is 12.3. The molecule has 0 unspecified atom stereocenters. The third-order valence-electron chi connectivity index (χ3n) is 4.31. The number of amides is 2. The van der Waals surface area contributed by atoms with Crippen molar-refractivity contribution in [2.45, 2.75) is 18.9 Å². The second-order valence-electron chi connectivity index (χ2n) is 6.09. The maximum absolute atomic E-state index is 12.3. The summed E-state index contributed by atoms with van der Waals surface area (Å²) >= 11 is 0. The van der Waals surface area contributed by atoms with E-state index in [9.17, 15) is 4.79 Å². The van der Waals surface area contributed by atoms with Gasteiger partial charge in [0.15, 0.2) is 0 Å². The van der Waals surface area contributed by atoms with E-state index in [2.05, 4.69) is 34.7 Å². The Morgan fingerprint density at radius 2 is 1.65 bits per heavy atom. The molecule has 2 amide bonds. The lowest BCUT2D eigenvalue weighted by Gasteiger charge is -2.29. The first kappa shape index (κ1) is 15.6. The number of carbonyl (C=O) groups excluding carboxylic acids is 1. The molecule has 2 N–H and O–H groups in total. The molecule has 4 nitrogen and oxygen atoms in total. The molecule has 0 aromatic heterocycles. The van der Waals surface area contributed by atoms with Gasteiger partial charge in [-0.25, -0.2) is 4.79 Å². The summed E-state index contributed by atoms with van der Waals surface area (Å²) in [6, 6.07) is 18.1. The van der Waals surface area contributed by atoms with Crippen LogP contribution in [0.1, 0.15) is 12.8 Å². The van der Waals surface area contributed by atoms with Gasteiger partial charge in [0.05, 0.1) is 5.69 Å². The highest BCUT2D eigenvalue weighted by atomic mass is 16.2. The first-order chi connectivity index (χ1) is 11.2. The molecule has 4 heteroatoms. The summed E-state index contributed by atoms with van der Waals surface area (Å²) in [5, 5.41) is 6.09. The van der Waals surface area contributed by atoms with Crippen LogP contribution in [0.25, 0.3) is 11.1 Å². The molecular weight excluding hydrogens is 286 g/mol. The molecule has 1 heterocycles. The van der Waals surface area contributed by atoms with E-state index in [1.165, 1.54) is 0 Å². The third-order valence-corrected chi connectivity index (χ3v) is 4.31. The van der Waals surface area contributed by atoms with Gasteiger partial charge in [-0.3, -0.25) is 0 Å². The van der Waals surface area contributed by atoms with Crippen molar-refractivity contribution in [2.24, 2.45) is 0 Å². The second kappa shape index (κ2) is 7.29. The predicted molar refractivity (Wildman–Crippen MR) is 94.6 cm³/mol. The van der Waals surface area contributed by atoms with E-state index in [1.54, 1.807) is 0 Å². The van der Waals surface area contributed by atoms with Gasteiger partial charge in [0, 0.05) is 11.6 Å². The Morgan fingerprint density at radius 1 is 1.00 bits per heavy atom. The molecule has 0 saturated carbocycles. The average Bonchev–Trinajstić information content (AvgIpc) is 2.58. The highest BCUT2D eigenvalue weighted by molar-refractivity contribution is 5.94. The van der Waals surface area contributed by atoms with Crippen molar-refractivity contribution in [1.82, 2.24) is 10.2 Å². The molecule has 0 atom stereocenters. The van der Waals surface area contributed by atoms with Crippen LogP contribution < -0.4 is 10.6 Å². The van der Waals surface area contributed by atoms with Gasteiger partial charge >= 0.3 is 6.03 Å². The van der Waals surface area contributed by atoms with Crippen molar-refractivity contribution < 1.29 is 4.79 Å². The van der Waals surface area contributed by atoms with Crippen LogP contribution in [0.5, 0.6) is 0 Å². The van der Waals surface area contributed by atoms with Gasteiger partial charge < -0.3 is 15.5 Å². The van der Waals surface area contributed by atoms with Crippen molar-refractivity contribution in [3.63, 3.8) is 0 Å². The molecule has 120 valence electrons. The Balaban J connectivity index is 1.67. The van der Waals surface area contributed by atoms with E-state index < -0.39 is 0 Å². The fourth-order valence-electron chi connectivity index (χ4n) is 2.96. The first-order valence-electron chi connectivity index (χ1n) is 8.13. The molecule has 1 aliphatic rings. The maximum Gasteiger partial charge on any atom is 0.319 e. The van der Waals surface area contributed by atoms with E-state index in [4.69, 9.17) is 0 Å². The second-order valence-corrected chi connectivity index (χ2v) is 6.09. The highest BCUT2D eigenvalue weighted by Gasteiger charge is 2.18. The largest absolute Gasteiger partial charge is 0.335 e. The fourth-order valence-corrected chi connectivity index (χ4v) is 2.96. The molecule has 0 radical (unpaired) electrons. The van der Waals surface area contributed by atoms with Gasteiger partial charge in [0.2, 0.25) is 0 Å². The molecule has 1 fully saturated rings. The van der Waals surface area contributed by atoms with Crippen LogP contribution in [0.2, 0.25) is 0 Å². The van der Waals surface area contributed by atoms with Crippen LogP contribution in [0.4, 0.5) is 10.5 Å². The third kappa shape index (κ3) is 4.11. The van der Waals surface area contributed by atoms with Crippen LogP contribution in [-0.4, -0.2) is 37.1 Å². The van der Waals surface area contributed by atoms with E-state index in [-0.39, 0.29) is 12.1 Å². The molecular formula is C19H23N3O. The number of likely N-dealkylation sites (tertiary alicyclic amines) is 1. The number of carbonyl (C=O) groups is 1. The lowest BCUT2D eigenvalue weighted by molar-refractivity contribution is 0.221.